The highest BCUT2D eigenvalue weighted by atomic mass is 16.5. The first kappa shape index (κ1) is 23.9. The van der Waals surface area contributed by atoms with Gasteiger partial charge < -0.3 is 24.0 Å². The zero-order valence-electron chi connectivity index (χ0n) is 20.5. The van der Waals surface area contributed by atoms with Crippen molar-refractivity contribution in [3.63, 3.8) is 0 Å². The number of carbonyl (C=O) groups excluding carboxylic acids is 2. The molecule has 2 aromatic rings. The van der Waals surface area contributed by atoms with Crippen molar-refractivity contribution in [1.82, 2.24) is 4.90 Å². The normalized spacial score (nSPS) is 21.4. The number of hydrogen-bond acceptors (Lipinski definition) is 5. The van der Waals surface area contributed by atoms with Gasteiger partial charge in [-0.15, -0.1) is 0 Å². The van der Waals surface area contributed by atoms with Crippen molar-refractivity contribution in [2.45, 2.75) is 38.6 Å². The van der Waals surface area contributed by atoms with Crippen LogP contribution in [-0.2, 0) is 9.59 Å². The minimum Gasteiger partial charge on any atom is -0.497 e. The Labute approximate surface area is 201 Å². The quantitative estimate of drug-likeness (QED) is 0.629. The van der Waals surface area contributed by atoms with Crippen molar-refractivity contribution < 1.29 is 23.8 Å². The van der Waals surface area contributed by atoms with E-state index in [0.29, 0.717) is 36.0 Å². The van der Waals surface area contributed by atoms with Crippen LogP contribution in [0.2, 0.25) is 0 Å². The second kappa shape index (κ2) is 10.4. The molecule has 0 bridgehead atoms. The van der Waals surface area contributed by atoms with Gasteiger partial charge in [0.2, 0.25) is 11.8 Å². The van der Waals surface area contributed by atoms with Crippen molar-refractivity contribution in [2.75, 3.05) is 39.3 Å². The van der Waals surface area contributed by atoms with Gasteiger partial charge in [-0.1, -0.05) is 13.0 Å². The Morgan fingerprint density at radius 2 is 1.56 bits per heavy atom. The zero-order chi connectivity index (χ0) is 24.2. The standard InChI is InChI=1S/C27H34N2O5/c1-18-13-15-28(16-14-18)27(31)22-10-12-25(30)29(20-6-8-21(32-2)9-7-20)26(22)19-5-11-23(33-3)24(17-19)34-4/h5-9,11,17-18,22,26H,10,12-16H2,1-4H3/t22-,26-/m0/s1. The van der Waals surface area contributed by atoms with Gasteiger partial charge in [0, 0.05) is 25.2 Å². The van der Waals surface area contributed by atoms with Crippen molar-refractivity contribution >= 4 is 17.5 Å². The Balaban J connectivity index is 1.77. The average Bonchev–Trinajstić information content (AvgIpc) is 2.88. The molecule has 2 aliphatic heterocycles. The second-order valence-corrected chi connectivity index (χ2v) is 9.17. The molecule has 2 fully saturated rings. The molecule has 0 spiro atoms. The molecule has 2 amide bonds. The lowest BCUT2D eigenvalue weighted by atomic mass is 9.82. The third kappa shape index (κ3) is 4.69. The molecule has 34 heavy (non-hydrogen) atoms. The van der Waals surface area contributed by atoms with Crippen LogP contribution in [-0.4, -0.2) is 51.1 Å². The van der Waals surface area contributed by atoms with Crippen LogP contribution in [0.3, 0.4) is 0 Å². The molecule has 0 unspecified atom stereocenters. The van der Waals surface area contributed by atoms with Crippen LogP contribution in [0.25, 0.3) is 0 Å². The molecular weight excluding hydrogens is 432 g/mol. The van der Waals surface area contributed by atoms with Crippen molar-refractivity contribution in [2.24, 2.45) is 11.8 Å². The van der Waals surface area contributed by atoms with E-state index < -0.39 is 6.04 Å². The Kier molecular flexibility index (Phi) is 7.29. The Hall–Kier alpha value is -3.22. The maximum absolute atomic E-state index is 13.8. The van der Waals surface area contributed by atoms with Crippen LogP contribution < -0.4 is 19.1 Å². The van der Waals surface area contributed by atoms with E-state index in [2.05, 4.69) is 6.92 Å². The number of piperidine rings is 2. The molecule has 7 heteroatoms. The van der Waals surface area contributed by atoms with Crippen LogP contribution in [0.5, 0.6) is 17.2 Å². The van der Waals surface area contributed by atoms with E-state index in [0.717, 1.165) is 37.2 Å². The molecular formula is C27H34N2O5. The van der Waals surface area contributed by atoms with Gasteiger partial charge in [-0.25, -0.2) is 0 Å². The lowest BCUT2D eigenvalue weighted by Gasteiger charge is -2.43. The summed E-state index contributed by atoms with van der Waals surface area (Å²) in [7, 11) is 4.79. The number of hydrogen-bond donors (Lipinski definition) is 0. The monoisotopic (exact) mass is 466 g/mol. The summed E-state index contributed by atoms with van der Waals surface area (Å²) in [6, 6.07) is 12.6. The molecule has 2 heterocycles. The molecule has 0 N–H and O–H groups in total. The highest BCUT2D eigenvalue weighted by molar-refractivity contribution is 5.97. The van der Waals surface area contributed by atoms with Gasteiger partial charge in [-0.2, -0.15) is 0 Å². The smallest absolute Gasteiger partial charge is 0.228 e. The summed E-state index contributed by atoms with van der Waals surface area (Å²) in [5.41, 5.74) is 1.60. The number of methoxy groups -OCH3 is 3. The maximum Gasteiger partial charge on any atom is 0.228 e. The predicted molar refractivity (Wildman–Crippen MR) is 130 cm³/mol. The summed E-state index contributed by atoms with van der Waals surface area (Å²) in [4.78, 5) is 30.9. The lowest BCUT2D eigenvalue weighted by Crippen LogP contribution is -2.50. The summed E-state index contributed by atoms with van der Waals surface area (Å²) in [5, 5.41) is 0. The van der Waals surface area contributed by atoms with E-state index >= 15 is 0 Å². The van der Waals surface area contributed by atoms with Crippen LogP contribution in [0.4, 0.5) is 5.69 Å². The number of carbonyl (C=O) groups is 2. The van der Waals surface area contributed by atoms with E-state index in [4.69, 9.17) is 14.2 Å². The zero-order valence-corrected chi connectivity index (χ0v) is 20.5. The van der Waals surface area contributed by atoms with Crippen LogP contribution in [0.15, 0.2) is 42.5 Å². The van der Waals surface area contributed by atoms with E-state index in [1.54, 1.807) is 26.2 Å². The highest BCUT2D eigenvalue weighted by Gasteiger charge is 2.43. The van der Waals surface area contributed by atoms with Gasteiger partial charge in [-0.05, 0) is 67.1 Å². The lowest BCUT2D eigenvalue weighted by molar-refractivity contribution is -0.139. The van der Waals surface area contributed by atoms with Crippen molar-refractivity contribution in [3.05, 3.63) is 48.0 Å². The van der Waals surface area contributed by atoms with Crippen molar-refractivity contribution in [3.8, 4) is 17.2 Å². The molecule has 2 atom stereocenters. The molecule has 2 aliphatic rings. The van der Waals surface area contributed by atoms with Crippen molar-refractivity contribution in [1.29, 1.82) is 0 Å². The number of anilines is 1. The van der Waals surface area contributed by atoms with Crippen LogP contribution >= 0.6 is 0 Å². The minimum atomic E-state index is -0.443. The van der Waals surface area contributed by atoms with Gasteiger partial charge in [0.25, 0.3) is 0 Å². The SMILES string of the molecule is COc1ccc(N2C(=O)CC[C@H](C(=O)N3CCC(C)CC3)[C@@H]2c2ccc(OC)c(OC)c2)cc1. The van der Waals surface area contributed by atoms with Gasteiger partial charge in [-0.3, -0.25) is 9.59 Å². The topological polar surface area (TPSA) is 68.3 Å². The molecule has 0 aromatic heterocycles. The summed E-state index contributed by atoms with van der Waals surface area (Å²) in [6.45, 7) is 3.77. The molecule has 182 valence electrons. The fourth-order valence-electron chi connectivity index (χ4n) is 5.08. The number of likely N-dealkylation sites (tertiary alicyclic amines) is 1. The predicted octanol–water partition coefficient (Wildman–Crippen LogP) is 4.46. The molecule has 7 nitrogen and oxygen atoms in total. The number of amides is 2. The van der Waals surface area contributed by atoms with Gasteiger partial charge >= 0.3 is 0 Å². The molecule has 0 saturated carbocycles. The summed E-state index contributed by atoms with van der Waals surface area (Å²) in [5.74, 6) is 2.31. The van der Waals surface area contributed by atoms with Gasteiger partial charge in [0.15, 0.2) is 11.5 Å². The van der Waals surface area contributed by atoms with Crippen LogP contribution in [0.1, 0.15) is 44.2 Å². The summed E-state index contributed by atoms with van der Waals surface area (Å²) < 4.78 is 16.3. The molecule has 0 radical (unpaired) electrons. The fraction of sp³-hybridized carbons (Fsp3) is 0.481. The molecule has 2 aromatic carbocycles. The summed E-state index contributed by atoms with van der Waals surface area (Å²) >= 11 is 0. The van der Waals surface area contributed by atoms with Gasteiger partial charge in [0.05, 0.1) is 33.3 Å². The second-order valence-electron chi connectivity index (χ2n) is 9.17. The number of nitrogens with zero attached hydrogens (tertiary/aromatic N) is 2. The number of ether oxygens (including phenoxy) is 3. The third-order valence-electron chi connectivity index (χ3n) is 7.11. The van der Waals surface area contributed by atoms with Crippen LogP contribution in [0, 0.1) is 11.8 Å². The first-order valence-corrected chi connectivity index (χ1v) is 11.9. The van der Waals surface area contributed by atoms with E-state index in [-0.39, 0.29) is 17.7 Å². The first-order valence-electron chi connectivity index (χ1n) is 11.9. The minimum absolute atomic E-state index is 0.00117. The fourth-order valence-corrected chi connectivity index (χ4v) is 5.08. The molecule has 0 aliphatic carbocycles. The maximum atomic E-state index is 13.8. The third-order valence-corrected chi connectivity index (χ3v) is 7.11. The van der Waals surface area contributed by atoms with E-state index in [1.807, 2.05) is 47.4 Å². The Bertz CT molecular complexity index is 1010. The average molecular weight is 467 g/mol. The highest BCUT2D eigenvalue weighted by Crippen LogP contribution is 2.43. The largest absolute Gasteiger partial charge is 0.497 e. The Morgan fingerprint density at radius 3 is 2.18 bits per heavy atom. The molecule has 4 rings (SSSR count). The van der Waals surface area contributed by atoms with Gasteiger partial charge in [0.1, 0.15) is 5.75 Å². The Morgan fingerprint density at radius 1 is 0.882 bits per heavy atom. The molecule has 2 saturated heterocycles. The van der Waals surface area contributed by atoms with E-state index in [9.17, 15) is 9.59 Å². The van der Waals surface area contributed by atoms with E-state index in [1.165, 1.54) is 0 Å². The number of rotatable bonds is 6. The first-order chi connectivity index (χ1) is 16.5. The summed E-state index contributed by atoms with van der Waals surface area (Å²) in [6.07, 6.45) is 2.88. The number of benzene rings is 2.